The monoisotopic (exact) mass is 895 g/mol. The van der Waals surface area contributed by atoms with Crippen LogP contribution in [0.2, 0.25) is 0 Å². The largest absolute Gasteiger partial charge is 0.481 e. The summed E-state index contributed by atoms with van der Waals surface area (Å²) >= 11 is 0. The number of Topliss-reactive ketones (excluding diaryl/α,β-unsaturated/α-hetero) is 1. The molecule has 3 fully saturated rings. The van der Waals surface area contributed by atoms with Gasteiger partial charge in [0, 0.05) is 53.2 Å². The molecule has 2 unspecified atom stereocenters. The molecule has 14 nitrogen and oxygen atoms in total. The second-order valence-corrected chi connectivity index (χ2v) is 20.2. The number of aliphatic hydroxyl groups excluding tert-OH is 1. The zero-order chi connectivity index (χ0) is 47.5. The van der Waals surface area contributed by atoms with Crippen molar-refractivity contribution in [2.75, 3.05) is 11.9 Å². The van der Waals surface area contributed by atoms with Gasteiger partial charge in [0.1, 0.15) is 11.2 Å². The minimum atomic E-state index is -2.26. The van der Waals surface area contributed by atoms with Crippen molar-refractivity contribution < 1.29 is 58.3 Å². The number of alkyl carbamates (subject to hydrolysis) is 1. The smallest absolute Gasteiger partial charge is 0.407 e. The van der Waals surface area contributed by atoms with Gasteiger partial charge in [-0.15, -0.1) is 0 Å². The SMILES string of the molecule is C[C@@H]1C[C@H]2[C@@H]3CCC4=CC(=O)C=C[C@]4(C)[C@@]3(F)[C@@H](O)C[C@]2(C)[C@@]1(O)C(=O)CC(CC(=O)O)(Cc1ccc(C(CNC(=O)OC(C)(C)C)C(=O)Nc2ccc3cnccc3c2)cc1)C(=O)O. The van der Waals surface area contributed by atoms with Crippen LogP contribution in [0.3, 0.4) is 0 Å². The molecule has 65 heavy (non-hydrogen) atoms. The van der Waals surface area contributed by atoms with Gasteiger partial charge in [-0.3, -0.25) is 29.0 Å². The number of halogens is 1. The van der Waals surface area contributed by atoms with E-state index in [1.54, 1.807) is 90.3 Å². The van der Waals surface area contributed by atoms with Crippen LogP contribution in [-0.4, -0.2) is 90.4 Å². The van der Waals surface area contributed by atoms with Crippen LogP contribution in [0.5, 0.6) is 0 Å². The Morgan fingerprint density at radius 1 is 0.985 bits per heavy atom. The Hall–Kier alpha value is -5.80. The maximum absolute atomic E-state index is 17.8. The Kier molecular flexibility index (Phi) is 12.3. The number of fused-ring (bicyclic) bond motifs is 6. The first kappa shape index (κ1) is 47.2. The lowest BCUT2D eigenvalue weighted by Crippen LogP contribution is -2.69. The second-order valence-electron chi connectivity index (χ2n) is 20.2. The van der Waals surface area contributed by atoms with Gasteiger partial charge in [0.15, 0.2) is 17.2 Å². The first-order chi connectivity index (χ1) is 30.4. The van der Waals surface area contributed by atoms with E-state index in [0.717, 1.165) is 10.8 Å². The summed E-state index contributed by atoms with van der Waals surface area (Å²) in [6, 6.07) is 13.3. The number of aliphatic carboxylic acids is 2. The highest BCUT2D eigenvalue weighted by Gasteiger charge is 2.76. The molecule has 2 aromatic carbocycles. The molecule has 0 saturated heterocycles. The number of aliphatic hydroxyl groups is 2. The number of ketones is 2. The van der Waals surface area contributed by atoms with Crippen LogP contribution in [0.25, 0.3) is 10.8 Å². The number of alkyl halides is 1. The molecular formula is C50H58FN3O11. The van der Waals surface area contributed by atoms with E-state index < -0.39 is 112 Å². The average molecular weight is 896 g/mol. The number of benzene rings is 2. The summed E-state index contributed by atoms with van der Waals surface area (Å²) < 4.78 is 23.2. The number of carboxylic acids is 2. The Labute approximate surface area is 376 Å². The molecule has 3 aromatic rings. The molecule has 0 aliphatic heterocycles. The van der Waals surface area contributed by atoms with E-state index in [1.807, 2.05) is 0 Å². The number of aromatic nitrogens is 1. The number of pyridine rings is 1. The van der Waals surface area contributed by atoms with Crippen LogP contribution in [0.1, 0.15) is 97.1 Å². The third kappa shape index (κ3) is 8.26. The maximum atomic E-state index is 17.8. The third-order valence-corrected chi connectivity index (χ3v) is 15.1. The Bertz CT molecular complexity index is 2500. The zero-order valence-corrected chi connectivity index (χ0v) is 37.5. The number of allylic oxidation sites excluding steroid dienone is 4. The van der Waals surface area contributed by atoms with Crippen molar-refractivity contribution in [3.8, 4) is 0 Å². The maximum Gasteiger partial charge on any atom is 0.407 e. The number of ether oxygens (including phenoxy) is 1. The van der Waals surface area contributed by atoms with E-state index in [2.05, 4.69) is 15.6 Å². The highest BCUT2D eigenvalue weighted by atomic mass is 19.1. The minimum Gasteiger partial charge on any atom is -0.481 e. The quantitative estimate of drug-likeness (QED) is 0.103. The van der Waals surface area contributed by atoms with Crippen molar-refractivity contribution in [1.29, 1.82) is 0 Å². The van der Waals surface area contributed by atoms with Gasteiger partial charge in [-0.05, 0) is 118 Å². The summed E-state index contributed by atoms with van der Waals surface area (Å²) in [5.41, 5.74) is -8.49. The highest BCUT2D eigenvalue weighted by molar-refractivity contribution is 6.01. The van der Waals surface area contributed by atoms with Gasteiger partial charge in [-0.1, -0.05) is 55.8 Å². The number of hydrogen-bond donors (Lipinski definition) is 6. The summed E-state index contributed by atoms with van der Waals surface area (Å²) in [5.74, 6) is -7.96. The van der Waals surface area contributed by atoms with Gasteiger partial charge in [0.2, 0.25) is 5.91 Å². The fourth-order valence-corrected chi connectivity index (χ4v) is 11.8. The van der Waals surface area contributed by atoms with Crippen molar-refractivity contribution in [3.63, 3.8) is 0 Å². The average Bonchev–Trinajstić information content (AvgIpc) is 3.42. The molecule has 4 aliphatic carbocycles. The number of rotatable bonds is 13. The molecule has 4 aliphatic rings. The predicted molar refractivity (Wildman–Crippen MR) is 237 cm³/mol. The van der Waals surface area contributed by atoms with E-state index in [1.165, 1.54) is 30.4 Å². The first-order valence-corrected chi connectivity index (χ1v) is 22.1. The zero-order valence-electron chi connectivity index (χ0n) is 37.5. The van der Waals surface area contributed by atoms with E-state index in [9.17, 15) is 49.2 Å². The van der Waals surface area contributed by atoms with Gasteiger partial charge in [-0.2, -0.15) is 0 Å². The molecule has 15 heteroatoms. The van der Waals surface area contributed by atoms with Crippen molar-refractivity contribution in [2.45, 2.75) is 115 Å². The van der Waals surface area contributed by atoms with E-state index in [4.69, 9.17) is 4.74 Å². The summed E-state index contributed by atoms with van der Waals surface area (Å²) in [6.45, 7) is 9.85. The van der Waals surface area contributed by atoms with Gasteiger partial charge < -0.3 is 35.8 Å². The van der Waals surface area contributed by atoms with E-state index in [-0.39, 0.29) is 31.6 Å². The number of amides is 2. The topological polar surface area (TPSA) is 230 Å². The van der Waals surface area contributed by atoms with Crippen LogP contribution in [-0.2, 0) is 35.1 Å². The van der Waals surface area contributed by atoms with E-state index >= 15 is 4.39 Å². The molecule has 1 heterocycles. The molecule has 7 rings (SSSR count). The molecule has 1 aromatic heterocycles. The van der Waals surface area contributed by atoms with Crippen LogP contribution in [0.15, 0.2) is 84.7 Å². The van der Waals surface area contributed by atoms with Gasteiger partial charge >= 0.3 is 18.0 Å². The number of carboxylic acid groups (broad SMARTS) is 2. The molecule has 346 valence electrons. The molecule has 2 amide bonds. The van der Waals surface area contributed by atoms with Gasteiger partial charge in [0.05, 0.1) is 23.9 Å². The van der Waals surface area contributed by atoms with Gasteiger partial charge in [0.25, 0.3) is 0 Å². The lowest BCUT2D eigenvalue weighted by atomic mass is 9.44. The van der Waals surface area contributed by atoms with E-state index in [0.29, 0.717) is 28.8 Å². The Balaban J connectivity index is 1.16. The van der Waals surface area contributed by atoms with Crippen LogP contribution >= 0.6 is 0 Å². The molecule has 0 bridgehead atoms. The molecule has 10 atom stereocenters. The summed E-state index contributed by atoms with van der Waals surface area (Å²) in [6.07, 6.45) is 3.29. The molecule has 0 spiro atoms. The molecule has 0 radical (unpaired) electrons. The normalized spacial score (nSPS) is 30.7. The second kappa shape index (κ2) is 16.9. The predicted octanol–water partition coefficient (Wildman–Crippen LogP) is 6.88. The van der Waals surface area contributed by atoms with Crippen LogP contribution < -0.4 is 10.6 Å². The third-order valence-electron chi connectivity index (χ3n) is 15.1. The summed E-state index contributed by atoms with van der Waals surface area (Å²) in [4.78, 5) is 83.7. The standard InChI is InChI=1S/C50H58FN3O11/c1-28-19-38-37-14-12-33-21-35(55)15-17-46(33,5)49(37,51)39(56)23-47(38,6)50(28,64)40(57)24-48(43(61)62,25-41(58)59)22-29-7-9-30(10-8-29)36(27-53-44(63)65-45(2,3)4)42(60)54-34-13-11-32-26-52-18-16-31(32)20-34/h7-11,13,15-18,20-21,26,28,36-39,56,64H,12,14,19,22-25,27H2,1-6H3,(H,53,63)(H,54,60)(H,58,59)(H,61,62)/t28-,36?,37+,38+,39+,46+,47+,48?,49+,50+/m1/s1. The number of anilines is 1. The minimum absolute atomic E-state index is 0.187. The number of carbonyl (C=O) groups is 6. The molecular weight excluding hydrogens is 838 g/mol. The highest BCUT2D eigenvalue weighted by Crippen LogP contribution is 2.71. The fraction of sp³-hybridized carbons (Fsp3) is 0.500. The Morgan fingerprint density at radius 3 is 2.35 bits per heavy atom. The number of carbonyl (C=O) groups excluding carboxylic acids is 4. The number of nitrogens with one attached hydrogen (secondary N) is 2. The summed E-state index contributed by atoms with van der Waals surface area (Å²) in [7, 11) is 0. The first-order valence-electron chi connectivity index (χ1n) is 22.1. The number of hydrogen-bond acceptors (Lipinski definition) is 10. The van der Waals surface area contributed by atoms with Crippen molar-refractivity contribution >= 4 is 52.0 Å². The fourth-order valence-electron chi connectivity index (χ4n) is 11.8. The van der Waals surface area contributed by atoms with Crippen molar-refractivity contribution in [3.05, 3.63) is 95.9 Å². The Morgan fingerprint density at radius 2 is 1.69 bits per heavy atom. The molecule has 6 N–H and O–H groups in total. The van der Waals surface area contributed by atoms with Crippen molar-refractivity contribution in [2.24, 2.45) is 34.0 Å². The number of nitrogens with zero attached hydrogens (tertiary/aromatic N) is 1. The molecule has 3 saturated carbocycles. The lowest BCUT2D eigenvalue weighted by Gasteiger charge is -2.62. The lowest BCUT2D eigenvalue weighted by molar-refractivity contribution is -0.219. The van der Waals surface area contributed by atoms with Crippen molar-refractivity contribution in [1.82, 2.24) is 10.3 Å². The van der Waals surface area contributed by atoms with Crippen LogP contribution in [0.4, 0.5) is 14.9 Å². The van der Waals surface area contributed by atoms with Crippen LogP contribution in [0, 0.1) is 34.0 Å². The summed E-state index contributed by atoms with van der Waals surface area (Å²) in [5, 5.41) is 52.8. The van der Waals surface area contributed by atoms with Gasteiger partial charge in [-0.25, -0.2) is 9.18 Å².